The number of halogens is 1. The van der Waals surface area contributed by atoms with Crippen LogP contribution in [0, 0.1) is 19.7 Å². The van der Waals surface area contributed by atoms with Crippen LogP contribution in [0.3, 0.4) is 0 Å². The molecule has 4 rings (SSSR count). The largest absolute Gasteiger partial charge is 0.355 e. The zero-order chi connectivity index (χ0) is 19.1. The van der Waals surface area contributed by atoms with Crippen LogP contribution in [0.1, 0.15) is 21.7 Å². The fourth-order valence-corrected chi connectivity index (χ4v) is 3.11. The van der Waals surface area contributed by atoms with Crippen LogP contribution >= 0.6 is 0 Å². The molecule has 1 N–H and O–H groups in total. The van der Waals surface area contributed by atoms with Crippen molar-refractivity contribution in [3.8, 4) is 17.1 Å². The van der Waals surface area contributed by atoms with Gasteiger partial charge < -0.3 is 5.32 Å². The molecule has 0 atom stereocenters. The number of nitrogens with one attached hydrogen (secondary N) is 1. The molecule has 0 unspecified atom stereocenters. The van der Waals surface area contributed by atoms with E-state index in [1.807, 2.05) is 19.9 Å². The molecule has 3 aromatic heterocycles. The van der Waals surface area contributed by atoms with Crippen LogP contribution in [-0.4, -0.2) is 37.1 Å². The van der Waals surface area contributed by atoms with Crippen LogP contribution in [0.15, 0.2) is 42.9 Å². The molecule has 0 aliphatic rings. The standard InChI is InChI=1S/C19H17FN6O/c1-11-8-12(2)26-18(24-11)15(10-23-26)17-22-6-7-25(17)13-4-5-16(20)14(9-13)19(27)21-3/h4-10H,1-3H3,(H,21,27). The lowest BCUT2D eigenvalue weighted by atomic mass is 10.1. The Morgan fingerprint density at radius 3 is 2.81 bits per heavy atom. The van der Waals surface area contributed by atoms with Gasteiger partial charge in [0.05, 0.1) is 17.3 Å². The molecular formula is C19H17FN6O. The van der Waals surface area contributed by atoms with Crippen molar-refractivity contribution in [1.82, 2.24) is 29.5 Å². The highest BCUT2D eigenvalue weighted by Crippen LogP contribution is 2.26. The van der Waals surface area contributed by atoms with E-state index >= 15 is 0 Å². The second-order valence-corrected chi connectivity index (χ2v) is 6.20. The number of hydrogen-bond acceptors (Lipinski definition) is 4. The van der Waals surface area contributed by atoms with Crippen molar-refractivity contribution in [2.24, 2.45) is 0 Å². The lowest BCUT2D eigenvalue weighted by Gasteiger charge is -2.10. The Hall–Kier alpha value is -3.55. The first-order chi connectivity index (χ1) is 13.0. The van der Waals surface area contributed by atoms with Gasteiger partial charge in [-0.1, -0.05) is 0 Å². The molecule has 3 heterocycles. The van der Waals surface area contributed by atoms with E-state index in [0.717, 1.165) is 17.0 Å². The van der Waals surface area contributed by atoms with Crippen LogP contribution in [-0.2, 0) is 0 Å². The summed E-state index contributed by atoms with van der Waals surface area (Å²) in [6, 6.07) is 6.32. The fourth-order valence-electron chi connectivity index (χ4n) is 3.11. The van der Waals surface area contributed by atoms with E-state index in [2.05, 4.69) is 20.4 Å². The van der Waals surface area contributed by atoms with Gasteiger partial charge >= 0.3 is 0 Å². The molecule has 0 saturated heterocycles. The fraction of sp³-hybridized carbons (Fsp3) is 0.158. The third kappa shape index (κ3) is 2.75. The van der Waals surface area contributed by atoms with Gasteiger partial charge in [-0.25, -0.2) is 18.9 Å². The maximum Gasteiger partial charge on any atom is 0.254 e. The Morgan fingerprint density at radius 1 is 1.22 bits per heavy atom. The van der Waals surface area contributed by atoms with Crippen molar-refractivity contribution in [2.45, 2.75) is 13.8 Å². The number of imidazole rings is 1. The summed E-state index contributed by atoms with van der Waals surface area (Å²) in [6.45, 7) is 3.88. The lowest BCUT2D eigenvalue weighted by Crippen LogP contribution is -2.19. The van der Waals surface area contributed by atoms with Gasteiger partial charge in [0.2, 0.25) is 0 Å². The summed E-state index contributed by atoms with van der Waals surface area (Å²) in [7, 11) is 1.46. The van der Waals surface area contributed by atoms with Gasteiger partial charge in [-0.2, -0.15) is 5.10 Å². The van der Waals surface area contributed by atoms with Gasteiger partial charge in [-0.05, 0) is 38.1 Å². The zero-order valence-corrected chi connectivity index (χ0v) is 15.1. The maximum absolute atomic E-state index is 14.0. The minimum absolute atomic E-state index is 0.0284. The monoisotopic (exact) mass is 364 g/mol. The molecule has 0 radical (unpaired) electrons. The van der Waals surface area contributed by atoms with Crippen LogP contribution in [0.2, 0.25) is 0 Å². The predicted octanol–water partition coefficient (Wildman–Crippen LogP) is 2.70. The number of nitrogens with zero attached hydrogens (tertiary/aromatic N) is 5. The Balaban J connectivity index is 1.89. The molecule has 0 saturated carbocycles. The minimum atomic E-state index is -0.580. The summed E-state index contributed by atoms with van der Waals surface area (Å²) in [6.07, 6.45) is 5.10. The Labute approximate surface area is 154 Å². The third-order valence-electron chi connectivity index (χ3n) is 4.36. The Morgan fingerprint density at radius 2 is 2.04 bits per heavy atom. The van der Waals surface area contributed by atoms with Crippen molar-refractivity contribution < 1.29 is 9.18 Å². The van der Waals surface area contributed by atoms with Crippen LogP contribution in [0.5, 0.6) is 0 Å². The van der Waals surface area contributed by atoms with Crippen molar-refractivity contribution in [3.63, 3.8) is 0 Å². The molecule has 1 aromatic carbocycles. The molecule has 7 nitrogen and oxygen atoms in total. The molecule has 4 aromatic rings. The van der Waals surface area contributed by atoms with E-state index in [4.69, 9.17) is 0 Å². The smallest absolute Gasteiger partial charge is 0.254 e. The molecule has 0 aliphatic heterocycles. The number of fused-ring (bicyclic) bond motifs is 1. The average Bonchev–Trinajstić information content (AvgIpc) is 3.28. The Bertz CT molecular complexity index is 1180. The van der Waals surface area contributed by atoms with E-state index in [0.29, 0.717) is 17.2 Å². The van der Waals surface area contributed by atoms with Gasteiger partial charge in [0.25, 0.3) is 5.91 Å². The predicted molar refractivity (Wildman–Crippen MR) is 98.4 cm³/mol. The number of amides is 1. The number of rotatable bonds is 3. The second kappa shape index (κ2) is 6.31. The zero-order valence-electron chi connectivity index (χ0n) is 15.1. The van der Waals surface area contributed by atoms with Crippen LogP contribution in [0.4, 0.5) is 4.39 Å². The maximum atomic E-state index is 14.0. The Kier molecular flexibility index (Phi) is 3.95. The quantitative estimate of drug-likeness (QED) is 0.606. The summed E-state index contributed by atoms with van der Waals surface area (Å²) >= 11 is 0. The SMILES string of the molecule is CNC(=O)c1cc(-n2ccnc2-c2cnn3c(C)cc(C)nc23)ccc1F. The summed E-state index contributed by atoms with van der Waals surface area (Å²) in [5, 5.41) is 6.85. The molecule has 0 fully saturated rings. The molecule has 1 amide bonds. The van der Waals surface area contributed by atoms with Crippen molar-refractivity contribution in [3.05, 3.63) is 65.6 Å². The molecule has 27 heavy (non-hydrogen) atoms. The van der Waals surface area contributed by atoms with Crippen LogP contribution in [0.25, 0.3) is 22.7 Å². The van der Waals surface area contributed by atoms with E-state index in [1.54, 1.807) is 33.7 Å². The highest BCUT2D eigenvalue weighted by molar-refractivity contribution is 5.94. The van der Waals surface area contributed by atoms with E-state index in [1.165, 1.54) is 19.2 Å². The van der Waals surface area contributed by atoms with Crippen LogP contribution < -0.4 is 5.32 Å². The normalized spacial score (nSPS) is 11.1. The highest BCUT2D eigenvalue weighted by atomic mass is 19.1. The van der Waals surface area contributed by atoms with E-state index in [9.17, 15) is 9.18 Å². The molecular weight excluding hydrogens is 347 g/mol. The van der Waals surface area contributed by atoms with Gasteiger partial charge in [0.1, 0.15) is 11.6 Å². The lowest BCUT2D eigenvalue weighted by molar-refractivity contribution is 0.0959. The van der Waals surface area contributed by atoms with Gasteiger partial charge in [0, 0.05) is 36.5 Å². The summed E-state index contributed by atoms with van der Waals surface area (Å²) < 4.78 is 17.5. The summed E-state index contributed by atoms with van der Waals surface area (Å²) in [4.78, 5) is 20.9. The number of hydrogen-bond donors (Lipinski definition) is 1. The number of carbonyl (C=O) groups excluding carboxylic acids is 1. The topological polar surface area (TPSA) is 77.1 Å². The minimum Gasteiger partial charge on any atom is -0.355 e. The molecule has 136 valence electrons. The molecule has 0 spiro atoms. The first kappa shape index (κ1) is 16.9. The summed E-state index contributed by atoms with van der Waals surface area (Å²) in [5.74, 6) is -0.458. The number of benzene rings is 1. The first-order valence-electron chi connectivity index (χ1n) is 8.37. The van der Waals surface area contributed by atoms with Crippen molar-refractivity contribution in [2.75, 3.05) is 7.05 Å². The summed E-state index contributed by atoms with van der Waals surface area (Å²) in [5.41, 5.74) is 3.87. The van der Waals surface area contributed by atoms with E-state index < -0.39 is 11.7 Å². The van der Waals surface area contributed by atoms with E-state index in [-0.39, 0.29) is 5.56 Å². The van der Waals surface area contributed by atoms with Crippen molar-refractivity contribution >= 4 is 11.6 Å². The third-order valence-corrected chi connectivity index (χ3v) is 4.36. The van der Waals surface area contributed by atoms with Gasteiger partial charge in [0.15, 0.2) is 5.65 Å². The number of aromatic nitrogens is 5. The molecule has 0 aliphatic carbocycles. The second-order valence-electron chi connectivity index (χ2n) is 6.20. The first-order valence-corrected chi connectivity index (χ1v) is 8.37. The average molecular weight is 364 g/mol. The number of aryl methyl sites for hydroxylation is 2. The van der Waals surface area contributed by atoms with Gasteiger partial charge in [-0.3, -0.25) is 9.36 Å². The molecule has 8 heteroatoms. The number of carbonyl (C=O) groups is 1. The molecule has 0 bridgehead atoms. The van der Waals surface area contributed by atoms with Crippen molar-refractivity contribution in [1.29, 1.82) is 0 Å². The van der Waals surface area contributed by atoms with Gasteiger partial charge in [-0.15, -0.1) is 0 Å². The highest BCUT2D eigenvalue weighted by Gasteiger charge is 2.17.